The van der Waals surface area contributed by atoms with Crippen LogP contribution in [0.2, 0.25) is 0 Å². The third-order valence-electron chi connectivity index (χ3n) is 3.75. The first kappa shape index (κ1) is 17.5. The van der Waals surface area contributed by atoms with Gasteiger partial charge in [0.15, 0.2) is 5.82 Å². The second-order valence-electron chi connectivity index (χ2n) is 5.93. The molecule has 1 N–H and O–H groups in total. The second-order valence-corrected chi connectivity index (χ2v) is 5.93. The van der Waals surface area contributed by atoms with Crippen molar-refractivity contribution in [3.8, 4) is 5.82 Å². The van der Waals surface area contributed by atoms with Crippen molar-refractivity contribution in [2.45, 2.75) is 26.9 Å². The molecule has 7 nitrogen and oxygen atoms in total. The Balaban J connectivity index is 1.73. The Bertz CT molecular complexity index is 1010. The number of aromatic nitrogens is 4. The lowest BCUT2D eigenvalue weighted by molar-refractivity contribution is -0.122. The molecule has 0 atom stereocenters. The van der Waals surface area contributed by atoms with Crippen molar-refractivity contribution < 1.29 is 9.18 Å². The molecule has 0 radical (unpaired) electrons. The first-order chi connectivity index (χ1) is 12.4. The Morgan fingerprint density at radius 3 is 2.65 bits per heavy atom. The summed E-state index contributed by atoms with van der Waals surface area (Å²) < 4.78 is 15.8. The van der Waals surface area contributed by atoms with Crippen LogP contribution in [-0.2, 0) is 17.9 Å². The highest BCUT2D eigenvalue weighted by Gasteiger charge is 2.10. The van der Waals surface area contributed by atoms with Gasteiger partial charge in [-0.05, 0) is 43.7 Å². The Labute approximate surface area is 149 Å². The zero-order valence-corrected chi connectivity index (χ0v) is 14.4. The zero-order valence-electron chi connectivity index (χ0n) is 14.4. The summed E-state index contributed by atoms with van der Waals surface area (Å²) in [6, 6.07) is 10.7. The molecule has 0 unspecified atom stereocenters. The maximum Gasteiger partial charge on any atom is 0.267 e. The van der Waals surface area contributed by atoms with E-state index in [2.05, 4.69) is 15.5 Å². The van der Waals surface area contributed by atoms with Crippen LogP contribution in [0.25, 0.3) is 5.82 Å². The van der Waals surface area contributed by atoms with Gasteiger partial charge in [-0.15, -0.1) is 5.10 Å². The van der Waals surface area contributed by atoms with E-state index < -0.39 is 11.5 Å². The number of halogens is 1. The van der Waals surface area contributed by atoms with Crippen LogP contribution in [0.15, 0.2) is 47.3 Å². The molecule has 0 aliphatic heterocycles. The molecule has 2 aromatic heterocycles. The molecule has 26 heavy (non-hydrogen) atoms. The van der Waals surface area contributed by atoms with Crippen molar-refractivity contribution in [2.75, 3.05) is 0 Å². The molecule has 0 saturated heterocycles. The van der Waals surface area contributed by atoms with Crippen LogP contribution in [0.4, 0.5) is 4.39 Å². The summed E-state index contributed by atoms with van der Waals surface area (Å²) in [5.41, 5.74) is 1.94. The van der Waals surface area contributed by atoms with Crippen LogP contribution < -0.4 is 10.9 Å². The predicted octanol–water partition coefficient (Wildman–Crippen LogP) is 1.50. The molecular weight excluding hydrogens is 337 g/mol. The monoisotopic (exact) mass is 355 g/mol. The van der Waals surface area contributed by atoms with Crippen molar-refractivity contribution in [1.29, 1.82) is 0 Å². The van der Waals surface area contributed by atoms with Gasteiger partial charge in [-0.1, -0.05) is 12.1 Å². The fourth-order valence-electron chi connectivity index (χ4n) is 2.56. The van der Waals surface area contributed by atoms with E-state index in [1.54, 1.807) is 22.9 Å². The number of amides is 1. The van der Waals surface area contributed by atoms with E-state index in [1.165, 1.54) is 18.2 Å². The summed E-state index contributed by atoms with van der Waals surface area (Å²) in [6.07, 6.45) is 0. The summed E-state index contributed by atoms with van der Waals surface area (Å²) in [7, 11) is 0. The molecule has 1 aromatic carbocycles. The summed E-state index contributed by atoms with van der Waals surface area (Å²) >= 11 is 0. The number of hydrogen-bond acceptors (Lipinski definition) is 4. The molecule has 134 valence electrons. The minimum absolute atomic E-state index is 0.169. The average Bonchev–Trinajstić information content (AvgIpc) is 2.93. The Kier molecular flexibility index (Phi) is 4.92. The van der Waals surface area contributed by atoms with E-state index in [4.69, 9.17) is 0 Å². The van der Waals surface area contributed by atoms with Crippen LogP contribution in [-0.4, -0.2) is 25.5 Å². The Hall–Kier alpha value is -3.29. The zero-order chi connectivity index (χ0) is 18.7. The topological polar surface area (TPSA) is 81.8 Å². The number of hydrogen-bond donors (Lipinski definition) is 1. The minimum atomic E-state index is -0.394. The van der Waals surface area contributed by atoms with Crippen LogP contribution in [0.1, 0.15) is 17.0 Å². The van der Waals surface area contributed by atoms with E-state index in [1.807, 2.05) is 19.9 Å². The van der Waals surface area contributed by atoms with Gasteiger partial charge in [-0.3, -0.25) is 9.59 Å². The smallest absolute Gasteiger partial charge is 0.267 e. The first-order valence-corrected chi connectivity index (χ1v) is 8.05. The highest BCUT2D eigenvalue weighted by Crippen LogP contribution is 2.08. The third kappa shape index (κ3) is 4.02. The van der Waals surface area contributed by atoms with Gasteiger partial charge in [0.2, 0.25) is 5.91 Å². The van der Waals surface area contributed by atoms with Crippen molar-refractivity contribution in [1.82, 2.24) is 24.9 Å². The largest absolute Gasteiger partial charge is 0.350 e. The molecule has 0 spiro atoms. The number of nitrogens with zero attached hydrogens (tertiary/aromatic N) is 4. The number of rotatable bonds is 5. The molecule has 3 rings (SSSR count). The molecule has 0 aliphatic rings. The number of aryl methyl sites for hydroxylation is 2. The molecule has 3 aromatic rings. The van der Waals surface area contributed by atoms with E-state index >= 15 is 0 Å². The van der Waals surface area contributed by atoms with Crippen LogP contribution in [0.5, 0.6) is 0 Å². The summed E-state index contributed by atoms with van der Waals surface area (Å²) in [4.78, 5) is 24.1. The molecule has 0 aliphatic carbocycles. The molecule has 2 heterocycles. The first-order valence-electron chi connectivity index (χ1n) is 8.05. The van der Waals surface area contributed by atoms with Crippen LogP contribution in [0, 0.1) is 19.7 Å². The standard InChI is InChI=1S/C18H18FN5O2/c1-12-8-13(2)24(21-12)16-6-7-18(26)23(22-16)11-17(25)20-10-14-4-3-5-15(19)9-14/h3-9H,10-11H2,1-2H3,(H,20,25). The van der Waals surface area contributed by atoms with E-state index in [0.717, 1.165) is 16.1 Å². The van der Waals surface area contributed by atoms with Gasteiger partial charge in [-0.2, -0.15) is 5.10 Å². The molecule has 0 bridgehead atoms. The fraction of sp³-hybridized carbons (Fsp3) is 0.222. The number of nitrogens with one attached hydrogen (secondary N) is 1. The van der Waals surface area contributed by atoms with Crippen molar-refractivity contribution in [2.24, 2.45) is 0 Å². The lowest BCUT2D eigenvalue weighted by Crippen LogP contribution is -2.33. The molecule has 8 heteroatoms. The third-order valence-corrected chi connectivity index (χ3v) is 3.75. The van der Waals surface area contributed by atoms with E-state index in [-0.39, 0.29) is 18.9 Å². The number of carbonyl (C=O) groups is 1. The van der Waals surface area contributed by atoms with Crippen molar-refractivity contribution in [3.63, 3.8) is 0 Å². The summed E-state index contributed by atoms with van der Waals surface area (Å²) in [5, 5.41) is 11.2. The van der Waals surface area contributed by atoms with Crippen LogP contribution in [0.3, 0.4) is 0 Å². The lowest BCUT2D eigenvalue weighted by atomic mass is 10.2. The van der Waals surface area contributed by atoms with Gasteiger partial charge in [0.25, 0.3) is 5.56 Å². The number of benzene rings is 1. The van der Waals surface area contributed by atoms with Crippen molar-refractivity contribution in [3.05, 3.63) is 75.6 Å². The van der Waals surface area contributed by atoms with Gasteiger partial charge in [0.1, 0.15) is 12.4 Å². The quantitative estimate of drug-likeness (QED) is 0.752. The maximum atomic E-state index is 13.2. The van der Waals surface area contributed by atoms with Gasteiger partial charge in [0.05, 0.1) is 5.69 Å². The van der Waals surface area contributed by atoms with Crippen LogP contribution >= 0.6 is 0 Å². The highest BCUT2D eigenvalue weighted by molar-refractivity contribution is 5.75. The predicted molar refractivity (Wildman–Crippen MR) is 93.3 cm³/mol. The normalized spacial score (nSPS) is 10.7. The molecule has 1 amide bonds. The number of carbonyl (C=O) groups excluding carboxylic acids is 1. The second kappa shape index (κ2) is 7.30. The van der Waals surface area contributed by atoms with Gasteiger partial charge >= 0.3 is 0 Å². The Morgan fingerprint density at radius 1 is 1.15 bits per heavy atom. The van der Waals surface area contributed by atoms with Gasteiger partial charge in [-0.25, -0.2) is 13.8 Å². The van der Waals surface area contributed by atoms with Gasteiger partial charge in [0, 0.05) is 18.3 Å². The van der Waals surface area contributed by atoms with Gasteiger partial charge < -0.3 is 5.32 Å². The summed E-state index contributed by atoms with van der Waals surface area (Å²) in [6.45, 7) is 3.67. The molecular formula is C18H18FN5O2. The lowest BCUT2D eigenvalue weighted by Gasteiger charge is -2.09. The highest BCUT2D eigenvalue weighted by atomic mass is 19.1. The van der Waals surface area contributed by atoms with E-state index in [9.17, 15) is 14.0 Å². The average molecular weight is 355 g/mol. The maximum absolute atomic E-state index is 13.2. The van der Waals surface area contributed by atoms with Crippen molar-refractivity contribution >= 4 is 5.91 Å². The van der Waals surface area contributed by atoms with E-state index in [0.29, 0.717) is 11.4 Å². The summed E-state index contributed by atoms with van der Waals surface area (Å²) in [5.74, 6) is -0.310. The fourth-order valence-corrected chi connectivity index (χ4v) is 2.56. The molecule has 0 saturated carbocycles. The molecule has 0 fully saturated rings. The minimum Gasteiger partial charge on any atom is -0.350 e. The SMILES string of the molecule is Cc1cc(C)n(-c2ccc(=O)n(CC(=O)NCc3cccc(F)c3)n2)n1. The Morgan fingerprint density at radius 2 is 1.96 bits per heavy atom.